The third kappa shape index (κ3) is 4.56. The summed E-state index contributed by atoms with van der Waals surface area (Å²) in [5.74, 6) is 1.46. The second-order valence-electron chi connectivity index (χ2n) is 8.09. The monoisotopic (exact) mass is 470 g/mol. The zero-order chi connectivity index (χ0) is 23.3. The smallest absolute Gasteiger partial charge is 0.276 e. The summed E-state index contributed by atoms with van der Waals surface area (Å²) in [5.41, 5.74) is 2.45. The van der Waals surface area contributed by atoms with E-state index in [0.717, 1.165) is 46.0 Å². The third-order valence-corrected chi connectivity index (χ3v) is 6.64. The fourth-order valence-electron chi connectivity index (χ4n) is 3.97. The van der Waals surface area contributed by atoms with Crippen LogP contribution in [0.15, 0.2) is 89.0 Å². The van der Waals surface area contributed by atoms with Gasteiger partial charge < -0.3 is 4.74 Å². The van der Waals surface area contributed by atoms with Gasteiger partial charge in [-0.15, -0.1) is 5.10 Å². The number of thioether (sulfide) groups is 1. The molecule has 0 aromatic heterocycles. The topological polar surface area (TPSA) is 66.3 Å². The second kappa shape index (κ2) is 10.1. The quantitative estimate of drug-likeness (QED) is 0.531. The number of nitrogens with zero attached hydrogens (tertiary/aromatic N) is 3. The summed E-state index contributed by atoms with van der Waals surface area (Å²) in [6, 6.07) is 25.6. The van der Waals surface area contributed by atoms with Crippen molar-refractivity contribution in [1.29, 1.82) is 0 Å². The van der Waals surface area contributed by atoms with Crippen LogP contribution in [-0.4, -0.2) is 21.8 Å². The van der Waals surface area contributed by atoms with E-state index < -0.39 is 6.17 Å². The van der Waals surface area contributed by atoms with Gasteiger partial charge in [0, 0.05) is 16.5 Å². The van der Waals surface area contributed by atoms with E-state index in [4.69, 9.17) is 14.8 Å². The maximum absolute atomic E-state index is 13.2. The standard InChI is InChI=1S/C27H26N4O2S/c1-2-3-17-34-27-29-26(32)24-20-13-7-9-15-22(20)28-25(31(24)30-27)21-14-8-10-16-23(21)33-18-19-11-5-4-6-12-19/h4-16,25H,2-3,17-18H2,1H3,(H,29,30,32)/t25-/m1/s1. The number of amidine groups is 1. The number of fused-ring (bicyclic) bond motifs is 2. The Labute approximate surface area is 203 Å². The van der Waals surface area contributed by atoms with Gasteiger partial charge in [0.25, 0.3) is 5.91 Å². The minimum atomic E-state index is -0.510. The van der Waals surface area contributed by atoms with Crippen molar-refractivity contribution in [2.24, 2.45) is 10.1 Å². The first kappa shape index (κ1) is 22.2. The molecule has 2 heterocycles. The van der Waals surface area contributed by atoms with Crippen molar-refractivity contribution in [2.45, 2.75) is 32.5 Å². The van der Waals surface area contributed by atoms with E-state index in [1.165, 1.54) is 0 Å². The van der Waals surface area contributed by atoms with E-state index in [1.54, 1.807) is 16.8 Å². The predicted octanol–water partition coefficient (Wildman–Crippen LogP) is 3.94. The maximum atomic E-state index is 13.2. The highest BCUT2D eigenvalue weighted by molar-refractivity contribution is 8.13. The molecule has 34 heavy (non-hydrogen) atoms. The highest BCUT2D eigenvalue weighted by Gasteiger charge is 2.35. The number of hydrazone groups is 1. The Morgan fingerprint density at radius 3 is 2.62 bits per heavy atom. The molecule has 0 saturated heterocycles. The van der Waals surface area contributed by atoms with Crippen molar-refractivity contribution in [1.82, 2.24) is 10.3 Å². The summed E-state index contributed by atoms with van der Waals surface area (Å²) >= 11 is 1.56. The van der Waals surface area contributed by atoms with E-state index >= 15 is 0 Å². The van der Waals surface area contributed by atoms with Crippen LogP contribution in [0.25, 0.3) is 5.70 Å². The predicted molar refractivity (Wildman–Crippen MR) is 135 cm³/mol. The van der Waals surface area contributed by atoms with E-state index in [9.17, 15) is 4.79 Å². The minimum absolute atomic E-state index is 0.163. The molecule has 0 spiro atoms. The number of benzene rings is 3. The summed E-state index contributed by atoms with van der Waals surface area (Å²) in [7, 11) is 0. The normalized spacial score (nSPS) is 16.7. The Morgan fingerprint density at radius 2 is 1.76 bits per heavy atom. The molecule has 6 nitrogen and oxygen atoms in total. The second-order valence-corrected chi connectivity index (χ2v) is 9.17. The largest absolute Gasteiger partial charge is 0.488 e. The lowest BCUT2D eigenvalue weighted by molar-refractivity contribution is -0.116. The highest BCUT2D eigenvalue weighted by Crippen LogP contribution is 2.35. The Morgan fingerprint density at radius 1 is 1.00 bits per heavy atom. The summed E-state index contributed by atoms with van der Waals surface area (Å²) in [6.07, 6.45) is 1.64. The van der Waals surface area contributed by atoms with Crippen LogP contribution in [-0.2, 0) is 11.4 Å². The number of amides is 1. The number of carbonyl (C=O) groups is 1. The van der Waals surface area contributed by atoms with Gasteiger partial charge >= 0.3 is 0 Å². The van der Waals surface area contributed by atoms with E-state index in [-0.39, 0.29) is 5.91 Å². The molecule has 2 aliphatic heterocycles. The van der Waals surface area contributed by atoms with Crippen molar-refractivity contribution < 1.29 is 9.53 Å². The van der Waals surface area contributed by atoms with E-state index in [1.807, 2.05) is 78.9 Å². The lowest BCUT2D eigenvalue weighted by atomic mass is 10.1. The van der Waals surface area contributed by atoms with Gasteiger partial charge in [-0.3, -0.25) is 15.1 Å². The summed E-state index contributed by atoms with van der Waals surface area (Å²) in [5, 5.41) is 11.7. The highest BCUT2D eigenvalue weighted by atomic mass is 32.2. The van der Waals surface area contributed by atoms with Gasteiger partial charge in [0.05, 0.1) is 5.36 Å². The average molecular weight is 471 g/mol. The first-order valence-electron chi connectivity index (χ1n) is 11.5. The lowest BCUT2D eigenvalue weighted by Gasteiger charge is -2.34. The Kier molecular flexibility index (Phi) is 6.62. The lowest BCUT2D eigenvalue weighted by Crippen LogP contribution is -2.50. The zero-order valence-corrected chi connectivity index (χ0v) is 19.8. The molecule has 5 rings (SSSR count). The van der Waals surface area contributed by atoms with Gasteiger partial charge in [0.2, 0.25) is 0 Å². The third-order valence-electron chi connectivity index (χ3n) is 5.69. The van der Waals surface area contributed by atoms with Gasteiger partial charge in [-0.25, -0.2) is 5.01 Å². The summed E-state index contributed by atoms with van der Waals surface area (Å²) < 4.78 is 6.23. The minimum Gasteiger partial charge on any atom is -0.488 e. The molecule has 1 amide bonds. The number of carbonyl (C=O) groups excluding carboxylic acids is 1. The molecule has 0 unspecified atom stereocenters. The van der Waals surface area contributed by atoms with Crippen molar-refractivity contribution in [3.05, 3.63) is 101 Å². The van der Waals surface area contributed by atoms with Crippen LogP contribution in [0.2, 0.25) is 0 Å². The molecule has 1 atom stereocenters. The number of rotatable bonds is 7. The number of ether oxygens (including phenoxy) is 1. The summed E-state index contributed by atoms with van der Waals surface area (Å²) in [4.78, 5) is 18.3. The van der Waals surface area contributed by atoms with Gasteiger partial charge in [-0.2, -0.15) is 0 Å². The number of hydrogen-bond donors (Lipinski definition) is 1. The molecule has 0 fully saturated rings. The molecular formula is C27H26N4O2S. The Balaban J connectivity index is 1.55. The average Bonchev–Trinajstić information content (AvgIpc) is 2.88. The molecule has 3 aromatic carbocycles. The molecule has 0 radical (unpaired) electrons. The number of unbranched alkanes of at least 4 members (excludes halogenated alkanes) is 1. The van der Waals surface area contributed by atoms with Crippen LogP contribution >= 0.6 is 11.8 Å². The van der Waals surface area contributed by atoms with E-state index in [2.05, 4.69) is 12.2 Å². The number of nitrogens with one attached hydrogen (secondary N) is 1. The Bertz CT molecular complexity index is 1340. The first-order valence-corrected chi connectivity index (χ1v) is 12.5. The van der Waals surface area contributed by atoms with E-state index in [0.29, 0.717) is 17.5 Å². The van der Waals surface area contributed by atoms with Crippen LogP contribution in [0.3, 0.4) is 0 Å². The van der Waals surface area contributed by atoms with Crippen molar-refractivity contribution in [2.75, 3.05) is 5.75 Å². The van der Waals surface area contributed by atoms with Gasteiger partial charge in [-0.1, -0.05) is 91.8 Å². The van der Waals surface area contributed by atoms with Crippen LogP contribution in [0.5, 0.6) is 5.75 Å². The molecule has 1 N–H and O–H groups in total. The van der Waals surface area contributed by atoms with Gasteiger partial charge in [0.15, 0.2) is 11.3 Å². The molecule has 2 aliphatic rings. The molecule has 7 heteroatoms. The van der Waals surface area contributed by atoms with Crippen LogP contribution in [0.4, 0.5) is 0 Å². The van der Waals surface area contributed by atoms with Gasteiger partial charge in [-0.05, 0) is 24.1 Å². The molecule has 172 valence electrons. The summed E-state index contributed by atoms with van der Waals surface area (Å²) in [6.45, 7) is 2.59. The molecule has 0 aliphatic carbocycles. The van der Waals surface area contributed by atoms with Gasteiger partial charge in [0.1, 0.15) is 18.1 Å². The number of hydrogen-bond acceptors (Lipinski definition) is 6. The fraction of sp³-hybridized carbons (Fsp3) is 0.222. The zero-order valence-electron chi connectivity index (χ0n) is 19.0. The van der Waals surface area contributed by atoms with Crippen molar-refractivity contribution >= 4 is 28.5 Å². The van der Waals surface area contributed by atoms with Crippen LogP contribution in [0, 0.1) is 0 Å². The number of para-hydroxylation sites is 2. The van der Waals surface area contributed by atoms with Crippen LogP contribution in [0.1, 0.15) is 37.1 Å². The molecule has 0 saturated carbocycles. The Hall–Kier alpha value is -3.58. The van der Waals surface area contributed by atoms with Crippen molar-refractivity contribution in [3.8, 4) is 5.75 Å². The molecule has 3 aromatic rings. The first-order chi connectivity index (χ1) is 16.7. The molecular weight excluding hydrogens is 444 g/mol. The van der Waals surface area contributed by atoms with Crippen LogP contribution < -0.4 is 20.6 Å². The fourth-order valence-corrected chi connectivity index (χ4v) is 4.91. The van der Waals surface area contributed by atoms with Crippen molar-refractivity contribution in [3.63, 3.8) is 0 Å². The molecule has 0 bridgehead atoms. The maximum Gasteiger partial charge on any atom is 0.276 e. The SMILES string of the molecule is CCCCSC1=NN2C(=c3ccccc3=N[C@H]2c2ccccc2OCc2ccccc2)C(=O)N1.